The molecule has 3 heteroatoms. The van der Waals surface area contributed by atoms with Crippen LogP contribution in [0.1, 0.15) is 45.1 Å². The lowest BCUT2D eigenvalue weighted by Crippen LogP contribution is -1.91. The number of methoxy groups -OCH3 is 1. The molecule has 0 aliphatic heterocycles. The Balaban J connectivity index is 0.000000153. The van der Waals surface area contributed by atoms with Gasteiger partial charge in [-0.15, -0.1) is 0 Å². The van der Waals surface area contributed by atoms with Crippen molar-refractivity contribution in [1.29, 1.82) is 0 Å². The molecule has 0 saturated heterocycles. The molecule has 1 aromatic heterocycles. The number of nitrogens with zero attached hydrogens (tertiary/aromatic N) is 2. The number of aromatic nitrogens is 2. The van der Waals surface area contributed by atoms with Crippen LogP contribution < -0.4 is 0 Å². The van der Waals surface area contributed by atoms with E-state index in [1.807, 2.05) is 23.1 Å². The minimum Gasteiger partial charge on any atom is -0.385 e. The second-order valence-electron chi connectivity index (χ2n) is 3.92. The smallest absolute Gasteiger partial charge is 0.0520 e. The molecule has 0 atom stereocenters. The van der Waals surface area contributed by atoms with Gasteiger partial charge in [0.05, 0.1) is 6.04 Å². The molecule has 1 heterocycles. The zero-order valence-electron chi connectivity index (χ0n) is 9.85. The van der Waals surface area contributed by atoms with Crippen LogP contribution in [0.3, 0.4) is 0 Å². The monoisotopic (exact) mass is 210 g/mol. The SMILES string of the molecule is CCCCCOC.c1cnn(C2CC2)c1. The molecule has 0 radical (unpaired) electrons. The zero-order valence-corrected chi connectivity index (χ0v) is 9.85. The van der Waals surface area contributed by atoms with Crippen LogP contribution in [0.25, 0.3) is 0 Å². The van der Waals surface area contributed by atoms with Gasteiger partial charge >= 0.3 is 0 Å². The topological polar surface area (TPSA) is 27.1 Å². The van der Waals surface area contributed by atoms with Crippen molar-refractivity contribution in [2.45, 2.75) is 45.1 Å². The molecule has 2 rings (SSSR count). The number of rotatable bonds is 5. The van der Waals surface area contributed by atoms with E-state index >= 15 is 0 Å². The molecule has 1 saturated carbocycles. The average Bonchev–Trinajstić information content (AvgIpc) is 2.97. The maximum absolute atomic E-state index is 4.84. The van der Waals surface area contributed by atoms with E-state index in [0.717, 1.165) is 12.6 Å². The van der Waals surface area contributed by atoms with E-state index in [4.69, 9.17) is 4.74 Å². The van der Waals surface area contributed by atoms with Crippen LogP contribution >= 0.6 is 0 Å². The van der Waals surface area contributed by atoms with Gasteiger partial charge < -0.3 is 4.74 Å². The van der Waals surface area contributed by atoms with Gasteiger partial charge in [0, 0.05) is 26.1 Å². The lowest BCUT2D eigenvalue weighted by molar-refractivity contribution is 0.192. The van der Waals surface area contributed by atoms with Crippen LogP contribution in [0.4, 0.5) is 0 Å². The van der Waals surface area contributed by atoms with E-state index in [2.05, 4.69) is 12.0 Å². The Hall–Kier alpha value is -0.830. The average molecular weight is 210 g/mol. The van der Waals surface area contributed by atoms with E-state index in [1.54, 1.807) is 7.11 Å². The summed E-state index contributed by atoms with van der Waals surface area (Å²) < 4.78 is 6.87. The number of ether oxygens (including phenoxy) is 1. The number of unbranched alkanes of at least 4 members (excludes halogenated alkanes) is 2. The van der Waals surface area contributed by atoms with Gasteiger partial charge in [-0.25, -0.2) is 0 Å². The van der Waals surface area contributed by atoms with Crippen molar-refractivity contribution >= 4 is 0 Å². The molecule has 3 nitrogen and oxygen atoms in total. The molecule has 0 amide bonds. The predicted octanol–water partition coefficient (Wildman–Crippen LogP) is 3.04. The molecule has 0 aromatic carbocycles. The summed E-state index contributed by atoms with van der Waals surface area (Å²) in [6, 6.07) is 2.71. The van der Waals surface area contributed by atoms with Gasteiger partial charge in [-0.1, -0.05) is 19.8 Å². The molecule has 1 aliphatic carbocycles. The van der Waals surface area contributed by atoms with E-state index < -0.39 is 0 Å². The first-order chi connectivity index (χ1) is 7.38. The molecule has 0 spiro atoms. The maximum atomic E-state index is 4.84. The first kappa shape index (κ1) is 12.2. The fraction of sp³-hybridized carbons (Fsp3) is 0.750. The molecule has 1 fully saturated rings. The Kier molecular flexibility index (Phi) is 6.09. The highest BCUT2D eigenvalue weighted by Crippen LogP contribution is 2.33. The molecule has 0 unspecified atom stereocenters. The highest BCUT2D eigenvalue weighted by Gasteiger charge is 2.22. The maximum Gasteiger partial charge on any atom is 0.0520 e. The van der Waals surface area contributed by atoms with Crippen LogP contribution in [0.2, 0.25) is 0 Å². The Morgan fingerprint density at radius 2 is 2.20 bits per heavy atom. The normalized spacial score (nSPS) is 14.5. The minimum atomic E-state index is 0.741. The van der Waals surface area contributed by atoms with Gasteiger partial charge in [0.1, 0.15) is 0 Å². The van der Waals surface area contributed by atoms with Crippen molar-refractivity contribution in [2.24, 2.45) is 0 Å². The van der Waals surface area contributed by atoms with Gasteiger partial charge in [0.2, 0.25) is 0 Å². The first-order valence-corrected chi connectivity index (χ1v) is 5.86. The van der Waals surface area contributed by atoms with Crippen LogP contribution in [-0.4, -0.2) is 23.5 Å². The van der Waals surface area contributed by atoms with Crippen molar-refractivity contribution in [3.63, 3.8) is 0 Å². The lowest BCUT2D eigenvalue weighted by Gasteiger charge is -1.92. The van der Waals surface area contributed by atoms with E-state index in [9.17, 15) is 0 Å². The van der Waals surface area contributed by atoms with Gasteiger partial charge in [-0.3, -0.25) is 4.68 Å². The van der Waals surface area contributed by atoms with Gasteiger partial charge in [0.15, 0.2) is 0 Å². The van der Waals surface area contributed by atoms with Crippen molar-refractivity contribution in [2.75, 3.05) is 13.7 Å². The van der Waals surface area contributed by atoms with Crippen molar-refractivity contribution in [1.82, 2.24) is 9.78 Å². The Morgan fingerprint density at radius 1 is 1.40 bits per heavy atom. The third kappa shape index (κ3) is 5.57. The quantitative estimate of drug-likeness (QED) is 0.698. The fourth-order valence-corrected chi connectivity index (χ4v) is 1.33. The Labute approximate surface area is 92.4 Å². The standard InChI is InChI=1S/C6H8N2.C6H14O/c1-4-7-8(5-1)6-2-3-6;1-3-4-5-6-7-2/h1,4-6H,2-3H2;3-6H2,1-2H3. The van der Waals surface area contributed by atoms with Crippen molar-refractivity contribution < 1.29 is 4.74 Å². The van der Waals surface area contributed by atoms with Crippen molar-refractivity contribution in [3.8, 4) is 0 Å². The summed E-state index contributed by atoms with van der Waals surface area (Å²) in [5.74, 6) is 0. The lowest BCUT2D eigenvalue weighted by atomic mass is 10.3. The number of hydrogen-bond donors (Lipinski definition) is 0. The van der Waals surface area contributed by atoms with Crippen LogP contribution in [0, 0.1) is 0 Å². The molecular formula is C12H22N2O. The van der Waals surface area contributed by atoms with Crippen LogP contribution in [0.15, 0.2) is 18.5 Å². The van der Waals surface area contributed by atoms with Crippen LogP contribution in [-0.2, 0) is 4.74 Å². The first-order valence-electron chi connectivity index (χ1n) is 5.86. The van der Waals surface area contributed by atoms with E-state index in [-0.39, 0.29) is 0 Å². The summed E-state index contributed by atoms with van der Waals surface area (Å²) in [6.07, 6.45) is 10.3. The summed E-state index contributed by atoms with van der Waals surface area (Å²) in [5, 5.41) is 4.09. The molecule has 86 valence electrons. The summed E-state index contributed by atoms with van der Waals surface area (Å²) in [5.41, 5.74) is 0. The second kappa shape index (κ2) is 7.46. The molecule has 1 aliphatic rings. The van der Waals surface area contributed by atoms with E-state index in [0.29, 0.717) is 0 Å². The highest BCUT2D eigenvalue weighted by atomic mass is 16.5. The largest absolute Gasteiger partial charge is 0.385 e. The molecular weight excluding hydrogens is 188 g/mol. The highest BCUT2D eigenvalue weighted by molar-refractivity contribution is 4.87. The third-order valence-electron chi connectivity index (χ3n) is 2.40. The fourth-order valence-electron chi connectivity index (χ4n) is 1.33. The zero-order chi connectivity index (χ0) is 10.9. The third-order valence-corrected chi connectivity index (χ3v) is 2.40. The van der Waals surface area contributed by atoms with Crippen molar-refractivity contribution in [3.05, 3.63) is 18.5 Å². The molecule has 15 heavy (non-hydrogen) atoms. The molecule has 0 N–H and O–H groups in total. The molecule has 0 bridgehead atoms. The van der Waals surface area contributed by atoms with Crippen LogP contribution in [0.5, 0.6) is 0 Å². The minimum absolute atomic E-state index is 0.741. The summed E-state index contributed by atoms with van der Waals surface area (Å²) >= 11 is 0. The predicted molar refractivity (Wildman–Crippen MR) is 61.9 cm³/mol. The van der Waals surface area contributed by atoms with Gasteiger partial charge in [0.25, 0.3) is 0 Å². The summed E-state index contributed by atoms with van der Waals surface area (Å²) in [4.78, 5) is 0. The summed E-state index contributed by atoms with van der Waals surface area (Å²) in [7, 11) is 1.75. The van der Waals surface area contributed by atoms with E-state index in [1.165, 1.54) is 32.1 Å². The second-order valence-corrected chi connectivity index (χ2v) is 3.92. The number of hydrogen-bond acceptors (Lipinski definition) is 2. The summed E-state index contributed by atoms with van der Waals surface area (Å²) in [6.45, 7) is 3.11. The van der Waals surface area contributed by atoms with Gasteiger partial charge in [-0.05, 0) is 25.3 Å². The Morgan fingerprint density at radius 3 is 2.67 bits per heavy atom. The van der Waals surface area contributed by atoms with Gasteiger partial charge in [-0.2, -0.15) is 5.10 Å². The molecule has 1 aromatic rings. The Bertz CT molecular complexity index is 226.